The number of fused-ring (bicyclic) bond motifs is 1. The molecule has 0 unspecified atom stereocenters. The Hall–Kier alpha value is -1.73. The molecule has 2 aromatic rings. The van der Waals surface area contributed by atoms with Crippen molar-refractivity contribution in [2.24, 2.45) is 0 Å². The third kappa shape index (κ3) is 1.63. The molecule has 0 atom stereocenters. The fourth-order valence-corrected chi connectivity index (χ4v) is 1.17. The van der Waals surface area contributed by atoms with Crippen LogP contribution in [-0.2, 0) is 0 Å². The Kier molecular flexibility index (Phi) is 2.95. The van der Waals surface area contributed by atoms with Gasteiger partial charge in [-0.2, -0.15) is 5.26 Å². The first kappa shape index (κ1) is 10.4. The molecule has 2 aromatic heterocycles. The summed E-state index contributed by atoms with van der Waals surface area (Å²) in [6.07, 6.45) is 3.69. The summed E-state index contributed by atoms with van der Waals surface area (Å²) in [5.74, 6) is 0.801. The molecule has 0 amide bonds. The lowest BCUT2D eigenvalue weighted by molar-refractivity contribution is 1.18. The number of nitrogens with zero attached hydrogens (tertiary/aromatic N) is 3. The molecule has 0 saturated heterocycles. The second-order valence-corrected chi connectivity index (χ2v) is 2.67. The molecule has 0 aromatic carbocycles. The number of anilines is 1. The van der Waals surface area contributed by atoms with Gasteiger partial charge in [0, 0.05) is 13.2 Å². The van der Waals surface area contributed by atoms with E-state index < -0.39 is 0 Å². The van der Waals surface area contributed by atoms with E-state index in [0.29, 0.717) is 5.56 Å². The zero-order valence-corrected chi connectivity index (χ0v) is 8.38. The maximum absolute atomic E-state index is 8.66. The molecule has 0 aliphatic carbocycles. The fourth-order valence-electron chi connectivity index (χ4n) is 1.17. The molecule has 0 fully saturated rings. The highest BCUT2D eigenvalue weighted by Crippen LogP contribution is 2.10. The smallest absolute Gasteiger partial charge is 0.145 e. The first-order valence-corrected chi connectivity index (χ1v) is 3.90. The molecule has 5 heteroatoms. The van der Waals surface area contributed by atoms with Crippen molar-refractivity contribution < 1.29 is 0 Å². The Morgan fingerprint density at radius 2 is 2.36 bits per heavy atom. The number of hydrogen-bond acceptors (Lipinski definition) is 3. The van der Waals surface area contributed by atoms with Gasteiger partial charge in [-0.05, 0) is 12.1 Å². The standard InChI is InChI=1S/C9H8N4.ClH/c1-11-8-6-13-3-2-7(5-10)4-9(13)12-8;/h2-4,6,11H,1H3;1H. The molecule has 0 aliphatic heterocycles. The highest BCUT2D eigenvalue weighted by atomic mass is 35.5. The predicted octanol–water partition coefficient (Wildman–Crippen LogP) is 1.67. The summed E-state index contributed by atoms with van der Waals surface area (Å²) in [6.45, 7) is 0. The topological polar surface area (TPSA) is 53.1 Å². The van der Waals surface area contributed by atoms with Gasteiger partial charge in [-0.1, -0.05) is 0 Å². The SMILES string of the molecule is CNc1cn2ccc(C#N)cc2n1.Cl. The van der Waals surface area contributed by atoms with Crippen LogP contribution < -0.4 is 5.32 Å². The highest BCUT2D eigenvalue weighted by Gasteiger charge is 1.99. The van der Waals surface area contributed by atoms with Gasteiger partial charge in [0.2, 0.25) is 0 Å². The van der Waals surface area contributed by atoms with Crippen LogP contribution in [0.4, 0.5) is 5.82 Å². The molecule has 0 saturated carbocycles. The van der Waals surface area contributed by atoms with Crippen molar-refractivity contribution in [1.82, 2.24) is 9.38 Å². The molecule has 0 bridgehead atoms. The summed E-state index contributed by atoms with van der Waals surface area (Å²) in [5, 5.41) is 11.6. The lowest BCUT2D eigenvalue weighted by Crippen LogP contribution is -1.85. The van der Waals surface area contributed by atoms with E-state index in [1.54, 1.807) is 12.1 Å². The lowest BCUT2D eigenvalue weighted by Gasteiger charge is -1.90. The number of pyridine rings is 1. The Labute approximate surface area is 87.6 Å². The molecular weight excluding hydrogens is 200 g/mol. The summed E-state index contributed by atoms with van der Waals surface area (Å²) in [4.78, 5) is 4.24. The quantitative estimate of drug-likeness (QED) is 0.776. The number of rotatable bonds is 1. The van der Waals surface area contributed by atoms with E-state index in [0.717, 1.165) is 11.5 Å². The van der Waals surface area contributed by atoms with Gasteiger partial charge in [0.1, 0.15) is 11.5 Å². The van der Waals surface area contributed by atoms with Crippen molar-refractivity contribution in [3.05, 3.63) is 30.1 Å². The maximum atomic E-state index is 8.66. The number of aromatic nitrogens is 2. The molecule has 14 heavy (non-hydrogen) atoms. The van der Waals surface area contributed by atoms with Crippen LogP contribution >= 0.6 is 12.4 Å². The zero-order chi connectivity index (χ0) is 9.26. The molecule has 0 radical (unpaired) electrons. The third-order valence-electron chi connectivity index (χ3n) is 1.85. The van der Waals surface area contributed by atoms with Crippen LogP contribution in [-0.4, -0.2) is 16.4 Å². The molecular formula is C9H9ClN4. The first-order chi connectivity index (χ1) is 6.33. The fraction of sp³-hybridized carbons (Fsp3) is 0.111. The monoisotopic (exact) mass is 208 g/mol. The Morgan fingerprint density at radius 3 is 3.00 bits per heavy atom. The average molecular weight is 209 g/mol. The molecule has 4 nitrogen and oxygen atoms in total. The van der Waals surface area contributed by atoms with Crippen molar-refractivity contribution in [3.63, 3.8) is 0 Å². The minimum Gasteiger partial charge on any atom is -0.372 e. The number of imidazole rings is 1. The average Bonchev–Trinajstić information content (AvgIpc) is 2.58. The Bertz CT molecular complexity index is 483. The number of nitrogens with one attached hydrogen (secondary N) is 1. The van der Waals surface area contributed by atoms with E-state index in [4.69, 9.17) is 5.26 Å². The normalized spacial score (nSPS) is 9.14. The maximum Gasteiger partial charge on any atom is 0.145 e. The van der Waals surface area contributed by atoms with Gasteiger partial charge in [0.15, 0.2) is 0 Å². The van der Waals surface area contributed by atoms with E-state index in [9.17, 15) is 0 Å². The molecule has 72 valence electrons. The van der Waals surface area contributed by atoms with E-state index >= 15 is 0 Å². The van der Waals surface area contributed by atoms with Gasteiger partial charge in [0.25, 0.3) is 0 Å². The van der Waals surface area contributed by atoms with E-state index in [1.165, 1.54) is 0 Å². The Balaban J connectivity index is 0.000000980. The Morgan fingerprint density at radius 1 is 1.57 bits per heavy atom. The van der Waals surface area contributed by atoms with Gasteiger partial charge in [-0.3, -0.25) is 0 Å². The second-order valence-electron chi connectivity index (χ2n) is 2.67. The van der Waals surface area contributed by atoms with Gasteiger partial charge in [-0.15, -0.1) is 12.4 Å². The van der Waals surface area contributed by atoms with Crippen LogP contribution in [0.5, 0.6) is 0 Å². The van der Waals surface area contributed by atoms with Crippen LogP contribution in [0, 0.1) is 11.3 Å². The highest BCUT2D eigenvalue weighted by molar-refractivity contribution is 5.85. The van der Waals surface area contributed by atoms with Crippen LogP contribution in [0.3, 0.4) is 0 Å². The van der Waals surface area contributed by atoms with Gasteiger partial charge in [0.05, 0.1) is 17.8 Å². The van der Waals surface area contributed by atoms with Crippen molar-refractivity contribution in [3.8, 4) is 6.07 Å². The summed E-state index contributed by atoms with van der Waals surface area (Å²) in [5.41, 5.74) is 1.41. The van der Waals surface area contributed by atoms with Crippen molar-refractivity contribution in [1.29, 1.82) is 5.26 Å². The van der Waals surface area contributed by atoms with Crippen molar-refractivity contribution in [2.75, 3.05) is 12.4 Å². The van der Waals surface area contributed by atoms with Gasteiger partial charge in [-0.25, -0.2) is 4.98 Å². The van der Waals surface area contributed by atoms with Crippen LogP contribution in [0.1, 0.15) is 5.56 Å². The van der Waals surface area contributed by atoms with Crippen LogP contribution in [0.15, 0.2) is 24.5 Å². The van der Waals surface area contributed by atoms with E-state index in [-0.39, 0.29) is 12.4 Å². The molecule has 0 spiro atoms. The summed E-state index contributed by atoms with van der Waals surface area (Å²) in [7, 11) is 1.81. The number of halogens is 1. The zero-order valence-electron chi connectivity index (χ0n) is 7.56. The van der Waals surface area contributed by atoms with Gasteiger partial charge < -0.3 is 9.72 Å². The summed E-state index contributed by atoms with van der Waals surface area (Å²) < 4.78 is 1.87. The summed E-state index contributed by atoms with van der Waals surface area (Å²) >= 11 is 0. The van der Waals surface area contributed by atoms with Gasteiger partial charge >= 0.3 is 0 Å². The molecule has 0 aliphatic rings. The van der Waals surface area contributed by atoms with Crippen molar-refractivity contribution >= 4 is 23.9 Å². The molecule has 2 rings (SSSR count). The van der Waals surface area contributed by atoms with Crippen LogP contribution in [0.2, 0.25) is 0 Å². The predicted molar refractivity (Wildman–Crippen MR) is 56.7 cm³/mol. The number of hydrogen-bond donors (Lipinski definition) is 1. The first-order valence-electron chi connectivity index (χ1n) is 3.90. The third-order valence-corrected chi connectivity index (χ3v) is 1.85. The van der Waals surface area contributed by atoms with E-state index in [2.05, 4.69) is 16.4 Å². The minimum absolute atomic E-state index is 0. The second kappa shape index (κ2) is 3.99. The van der Waals surface area contributed by atoms with E-state index in [1.807, 2.05) is 23.8 Å². The largest absolute Gasteiger partial charge is 0.372 e. The summed E-state index contributed by atoms with van der Waals surface area (Å²) in [6, 6.07) is 5.58. The molecule has 1 N–H and O–H groups in total. The lowest BCUT2D eigenvalue weighted by atomic mass is 10.3. The number of nitriles is 1. The molecule has 2 heterocycles. The van der Waals surface area contributed by atoms with Crippen molar-refractivity contribution in [2.45, 2.75) is 0 Å². The van der Waals surface area contributed by atoms with Crippen LogP contribution in [0.25, 0.3) is 5.65 Å². The minimum atomic E-state index is 0.